The number of benzene rings is 1. The third kappa shape index (κ3) is 2.25. The molecule has 0 saturated carbocycles. The van der Waals surface area contributed by atoms with Crippen molar-refractivity contribution in [3.05, 3.63) is 41.6 Å². The fourth-order valence-electron chi connectivity index (χ4n) is 1.58. The number of aromatic nitrogens is 2. The third-order valence-electron chi connectivity index (χ3n) is 2.57. The number of carbonyl (C=O) groups is 2. The number of carbonyl (C=O) groups excluding carboxylic acids is 1. The number of hydrogen-bond donors (Lipinski definition) is 2. The smallest absolute Gasteiger partial charge is 0.343 e. The number of esters is 1. The number of nitrogens with two attached hydrogens (primary N) is 1. The summed E-state index contributed by atoms with van der Waals surface area (Å²) in [7, 11) is 1.25. The largest absolute Gasteiger partial charge is 0.478 e. The minimum atomic E-state index is -1.02. The highest BCUT2D eigenvalue weighted by atomic mass is 16.5. The molecule has 7 nitrogen and oxygen atoms in total. The monoisotopic (exact) mass is 261 g/mol. The quantitative estimate of drug-likeness (QED) is 0.796. The number of methoxy groups -OCH3 is 1. The number of hydrogen-bond acceptors (Lipinski definition) is 5. The van der Waals surface area contributed by atoms with Crippen LogP contribution in [0.5, 0.6) is 0 Å². The van der Waals surface area contributed by atoms with E-state index in [9.17, 15) is 9.59 Å². The van der Waals surface area contributed by atoms with Gasteiger partial charge < -0.3 is 15.6 Å². The molecule has 98 valence electrons. The fourth-order valence-corrected chi connectivity index (χ4v) is 1.58. The van der Waals surface area contributed by atoms with Gasteiger partial charge in [-0.15, -0.1) is 0 Å². The van der Waals surface area contributed by atoms with Crippen molar-refractivity contribution in [1.29, 1.82) is 0 Å². The van der Waals surface area contributed by atoms with Crippen molar-refractivity contribution in [2.45, 2.75) is 0 Å². The van der Waals surface area contributed by atoms with E-state index >= 15 is 0 Å². The molecule has 0 aliphatic rings. The average Bonchev–Trinajstić information content (AvgIpc) is 2.80. The molecule has 0 amide bonds. The van der Waals surface area contributed by atoms with Gasteiger partial charge in [-0.1, -0.05) is 0 Å². The molecule has 0 aliphatic heterocycles. The summed E-state index contributed by atoms with van der Waals surface area (Å²) >= 11 is 0. The van der Waals surface area contributed by atoms with Gasteiger partial charge >= 0.3 is 11.9 Å². The van der Waals surface area contributed by atoms with E-state index in [2.05, 4.69) is 9.84 Å². The minimum absolute atomic E-state index is 0.134. The molecule has 3 N–H and O–H groups in total. The molecule has 2 aromatic rings. The molecule has 19 heavy (non-hydrogen) atoms. The Balaban J connectivity index is 2.40. The molecule has 7 heteroatoms. The van der Waals surface area contributed by atoms with Crippen molar-refractivity contribution >= 4 is 17.8 Å². The van der Waals surface area contributed by atoms with Crippen LogP contribution in [-0.2, 0) is 4.74 Å². The van der Waals surface area contributed by atoms with E-state index in [-0.39, 0.29) is 16.9 Å². The van der Waals surface area contributed by atoms with Crippen LogP contribution in [0.15, 0.2) is 30.5 Å². The van der Waals surface area contributed by atoms with E-state index in [1.807, 2.05) is 0 Å². The molecule has 0 radical (unpaired) electrons. The zero-order valence-electron chi connectivity index (χ0n) is 10.0. The summed E-state index contributed by atoms with van der Waals surface area (Å²) in [6, 6.07) is 5.95. The van der Waals surface area contributed by atoms with Crippen LogP contribution in [0, 0.1) is 0 Å². The average molecular weight is 261 g/mol. The van der Waals surface area contributed by atoms with Crippen LogP contribution in [0.3, 0.4) is 0 Å². The Kier molecular flexibility index (Phi) is 3.19. The lowest BCUT2D eigenvalue weighted by Crippen LogP contribution is -2.07. The standard InChI is InChI=1S/C12H11N3O4/c1-19-12(18)9-6-14-15(10(9)13)8-4-2-7(3-5-8)11(16)17/h2-6H,13H2,1H3,(H,16,17). The van der Waals surface area contributed by atoms with Crippen molar-refractivity contribution in [1.82, 2.24) is 9.78 Å². The van der Waals surface area contributed by atoms with Gasteiger partial charge in [-0.05, 0) is 24.3 Å². The molecule has 2 rings (SSSR count). The van der Waals surface area contributed by atoms with Gasteiger partial charge in [-0.25, -0.2) is 14.3 Å². The lowest BCUT2D eigenvalue weighted by Gasteiger charge is -2.05. The van der Waals surface area contributed by atoms with Crippen LogP contribution in [0.1, 0.15) is 20.7 Å². The van der Waals surface area contributed by atoms with Gasteiger partial charge in [-0.2, -0.15) is 5.10 Å². The molecule has 0 bridgehead atoms. The maximum Gasteiger partial charge on any atom is 0.343 e. The lowest BCUT2D eigenvalue weighted by atomic mass is 10.2. The van der Waals surface area contributed by atoms with E-state index < -0.39 is 11.9 Å². The second-order valence-corrected chi connectivity index (χ2v) is 3.70. The molecule has 0 spiro atoms. The van der Waals surface area contributed by atoms with E-state index in [0.29, 0.717) is 5.69 Å². The molecule has 0 unspecified atom stereocenters. The predicted octanol–water partition coefficient (Wildman–Crippen LogP) is 0.939. The highest BCUT2D eigenvalue weighted by Crippen LogP contribution is 2.18. The van der Waals surface area contributed by atoms with Crippen molar-refractivity contribution in [3.8, 4) is 5.69 Å². The number of nitrogens with zero attached hydrogens (tertiary/aromatic N) is 2. The molecular formula is C12H11N3O4. The number of nitrogen functional groups attached to an aromatic ring is 1. The van der Waals surface area contributed by atoms with E-state index in [0.717, 1.165) is 0 Å². The topological polar surface area (TPSA) is 107 Å². The van der Waals surface area contributed by atoms with Crippen molar-refractivity contribution in [2.24, 2.45) is 0 Å². The normalized spacial score (nSPS) is 10.2. The van der Waals surface area contributed by atoms with Gasteiger partial charge in [0.2, 0.25) is 0 Å². The summed E-state index contributed by atoms with van der Waals surface area (Å²) in [6.45, 7) is 0. The molecule has 1 heterocycles. The Bertz CT molecular complexity index is 631. The van der Waals surface area contributed by atoms with E-state index in [1.54, 1.807) is 12.1 Å². The maximum atomic E-state index is 11.4. The summed E-state index contributed by atoms with van der Waals surface area (Å²) in [5.41, 5.74) is 6.66. The Morgan fingerprint density at radius 1 is 1.32 bits per heavy atom. The van der Waals surface area contributed by atoms with E-state index in [4.69, 9.17) is 10.8 Å². The number of aromatic carboxylic acids is 1. The highest BCUT2D eigenvalue weighted by molar-refractivity contribution is 5.94. The molecule has 0 atom stereocenters. The first kappa shape index (κ1) is 12.6. The van der Waals surface area contributed by atoms with Crippen LogP contribution in [0.4, 0.5) is 5.82 Å². The minimum Gasteiger partial charge on any atom is -0.478 e. The number of anilines is 1. The Labute approximate surface area is 108 Å². The molecule has 0 aliphatic carbocycles. The Hall–Kier alpha value is -2.83. The van der Waals surface area contributed by atoms with Crippen molar-refractivity contribution in [2.75, 3.05) is 12.8 Å². The van der Waals surface area contributed by atoms with Crippen LogP contribution < -0.4 is 5.73 Å². The molecule has 0 fully saturated rings. The summed E-state index contributed by atoms with van der Waals surface area (Å²) in [4.78, 5) is 22.1. The van der Waals surface area contributed by atoms with Gasteiger partial charge in [0, 0.05) is 0 Å². The van der Waals surface area contributed by atoms with Gasteiger partial charge in [0.05, 0.1) is 24.6 Å². The number of carboxylic acid groups (broad SMARTS) is 1. The number of ether oxygens (including phenoxy) is 1. The zero-order valence-corrected chi connectivity index (χ0v) is 10.0. The highest BCUT2D eigenvalue weighted by Gasteiger charge is 2.16. The summed E-state index contributed by atoms with van der Waals surface area (Å²) in [5, 5.41) is 12.8. The first-order valence-corrected chi connectivity index (χ1v) is 5.30. The second-order valence-electron chi connectivity index (χ2n) is 3.70. The maximum absolute atomic E-state index is 11.4. The Morgan fingerprint density at radius 2 is 1.95 bits per heavy atom. The van der Waals surface area contributed by atoms with Gasteiger partial charge in [0.15, 0.2) is 0 Å². The number of carboxylic acids is 1. The summed E-state index contributed by atoms with van der Waals surface area (Å²) in [6.07, 6.45) is 1.30. The number of rotatable bonds is 3. The molecular weight excluding hydrogens is 250 g/mol. The lowest BCUT2D eigenvalue weighted by molar-refractivity contribution is 0.0601. The van der Waals surface area contributed by atoms with Crippen LogP contribution in [0.25, 0.3) is 5.69 Å². The first-order chi connectivity index (χ1) is 9.04. The first-order valence-electron chi connectivity index (χ1n) is 5.30. The van der Waals surface area contributed by atoms with Crippen LogP contribution >= 0.6 is 0 Å². The zero-order chi connectivity index (χ0) is 14.0. The summed E-state index contributed by atoms with van der Waals surface area (Å²) in [5.74, 6) is -1.46. The van der Waals surface area contributed by atoms with Crippen LogP contribution in [0.2, 0.25) is 0 Å². The van der Waals surface area contributed by atoms with Crippen molar-refractivity contribution < 1.29 is 19.4 Å². The summed E-state index contributed by atoms with van der Waals surface area (Å²) < 4.78 is 5.90. The SMILES string of the molecule is COC(=O)c1cnn(-c2ccc(C(=O)O)cc2)c1N. The van der Waals surface area contributed by atoms with E-state index in [1.165, 1.54) is 30.1 Å². The predicted molar refractivity (Wildman–Crippen MR) is 66.3 cm³/mol. The third-order valence-corrected chi connectivity index (χ3v) is 2.57. The molecule has 1 aromatic carbocycles. The van der Waals surface area contributed by atoms with Gasteiger partial charge in [-0.3, -0.25) is 0 Å². The molecule has 1 aromatic heterocycles. The molecule has 0 saturated heterocycles. The van der Waals surface area contributed by atoms with Gasteiger partial charge in [0.1, 0.15) is 11.4 Å². The van der Waals surface area contributed by atoms with Crippen molar-refractivity contribution in [3.63, 3.8) is 0 Å². The fraction of sp³-hybridized carbons (Fsp3) is 0.0833. The Morgan fingerprint density at radius 3 is 2.47 bits per heavy atom. The van der Waals surface area contributed by atoms with Gasteiger partial charge in [0.25, 0.3) is 0 Å². The van der Waals surface area contributed by atoms with Crippen LogP contribution in [-0.4, -0.2) is 33.9 Å². The second kappa shape index (κ2) is 4.81.